The predicted molar refractivity (Wildman–Crippen MR) is 127 cm³/mol. The van der Waals surface area contributed by atoms with Crippen molar-refractivity contribution in [2.75, 3.05) is 30.4 Å². The summed E-state index contributed by atoms with van der Waals surface area (Å²) in [5, 5.41) is 2.73. The minimum absolute atomic E-state index is 0.0467. The third-order valence-electron chi connectivity index (χ3n) is 4.34. The molecular formula is C23H23ClN2O6S. The molecule has 0 radical (unpaired) electrons. The monoisotopic (exact) mass is 490 g/mol. The van der Waals surface area contributed by atoms with Crippen molar-refractivity contribution in [2.45, 2.75) is 11.8 Å². The van der Waals surface area contributed by atoms with E-state index in [1.807, 2.05) is 6.92 Å². The molecule has 3 aromatic carbocycles. The quantitative estimate of drug-likeness (QED) is 0.431. The number of carbonyl (C=O) groups excluding carboxylic acids is 1. The molecule has 33 heavy (non-hydrogen) atoms. The van der Waals surface area contributed by atoms with Crippen molar-refractivity contribution in [2.24, 2.45) is 0 Å². The Hall–Kier alpha value is -3.43. The van der Waals surface area contributed by atoms with Crippen molar-refractivity contribution < 1.29 is 27.4 Å². The van der Waals surface area contributed by atoms with Gasteiger partial charge in [-0.05, 0) is 61.5 Å². The van der Waals surface area contributed by atoms with Gasteiger partial charge in [-0.25, -0.2) is 8.42 Å². The van der Waals surface area contributed by atoms with Crippen LogP contribution in [0.5, 0.6) is 17.2 Å². The molecule has 0 aliphatic rings. The molecule has 1 amide bonds. The number of nitrogens with one attached hydrogen (secondary N) is 2. The summed E-state index contributed by atoms with van der Waals surface area (Å²) in [6, 6.07) is 17.4. The van der Waals surface area contributed by atoms with E-state index in [-0.39, 0.29) is 22.3 Å². The molecule has 0 aromatic heterocycles. The Morgan fingerprint density at radius 2 is 1.70 bits per heavy atom. The van der Waals surface area contributed by atoms with Crippen LogP contribution >= 0.6 is 11.6 Å². The normalized spacial score (nSPS) is 10.9. The highest BCUT2D eigenvalue weighted by Crippen LogP contribution is 2.29. The van der Waals surface area contributed by atoms with Gasteiger partial charge < -0.3 is 19.5 Å². The smallest absolute Gasteiger partial charge is 0.262 e. The van der Waals surface area contributed by atoms with Gasteiger partial charge in [0, 0.05) is 17.4 Å². The molecule has 8 nitrogen and oxygen atoms in total. The number of halogens is 1. The zero-order chi connectivity index (χ0) is 23.8. The second-order valence-corrected chi connectivity index (χ2v) is 8.81. The Kier molecular flexibility index (Phi) is 8.02. The molecule has 0 aliphatic heterocycles. The van der Waals surface area contributed by atoms with Gasteiger partial charge in [-0.15, -0.1) is 0 Å². The number of ether oxygens (including phenoxy) is 3. The highest BCUT2D eigenvalue weighted by molar-refractivity contribution is 7.92. The van der Waals surface area contributed by atoms with E-state index in [4.69, 9.17) is 25.8 Å². The first-order chi connectivity index (χ1) is 15.8. The summed E-state index contributed by atoms with van der Waals surface area (Å²) in [6.07, 6.45) is 0. The molecule has 3 rings (SSSR count). The molecule has 0 fully saturated rings. The van der Waals surface area contributed by atoms with Gasteiger partial charge in [0.25, 0.3) is 15.9 Å². The summed E-state index contributed by atoms with van der Waals surface area (Å²) in [5.41, 5.74) is 0.931. The van der Waals surface area contributed by atoms with E-state index in [0.29, 0.717) is 29.5 Å². The fraction of sp³-hybridized carbons (Fsp3) is 0.174. The minimum atomic E-state index is -3.88. The van der Waals surface area contributed by atoms with Crippen LogP contribution in [0, 0.1) is 0 Å². The van der Waals surface area contributed by atoms with Gasteiger partial charge in [0.1, 0.15) is 17.2 Å². The summed E-state index contributed by atoms with van der Waals surface area (Å²) < 4.78 is 43.7. The van der Waals surface area contributed by atoms with E-state index in [2.05, 4.69) is 10.0 Å². The van der Waals surface area contributed by atoms with E-state index < -0.39 is 15.9 Å². The number of hydrogen-bond acceptors (Lipinski definition) is 6. The molecule has 0 heterocycles. The number of benzene rings is 3. The highest BCUT2D eigenvalue weighted by atomic mass is 35.5. The van der Waals surface area contributed by atoms with Gasteiger partial charge in [0.15, 0.2) is 6.61 Å². The second-order valence-electron chi connectivity index (χ2n) is 6.72. The number of amides is 1. The Bertz CT molecular complexity index is 1220. The van der Waals surface area contributed by atoms with Gasteiger partial charge in [0.05, 0.1) is 23.6 Å². The maximum absolute atomic E-state index is 12.7. The zero-order valence-electron chi connectivity index (χ0n) is 18.0. The number of rotatable bonds is 10. The van der Waals surface area contributed by atoms with Crippen LogP contribution in [0.15, 0.2) is 71.6 Å². The van der Waals surface area contributed by atoms with Crippen molar-refractivity contribution in [3.05, 3.63) is 71.8 Å². The van der Waals surface area contributed by atoms with Gasteiger partial charge in [0.2, 0.25) is 0 Å². The first-order valence-electron chi connectivity index (χ1n) is 9.92. The molecule has 3 aromatic rings. The van der Waals surface area contributed by atoms with Crippen molar-refractivity contribution in [3.63, 3.8) is 0 Å². The maximum Gasteiger partial charge on any atom is 0.262 e. The van der Waals surface area contributed by atoms with Gasteiger partial charge >= 0.3 is 0 Å². The van der Waals surface area contributed by atoms with E-state index >= 15 is 0 Å². The fourth-order valence-electron chi connectivity index (χ4n) is 2.81. The lowest BCUT2D eigenvalue weighted by Gasteiger charge is -2.12. The molecule has 2 N–H and O–H groups in total. The average Bonchev–Trinajstić information content (AvgIpc) is 2.79. The summed E-state index contributed by atoms with van der Waals surface area (Å²) >= 11 is 6.20. The fourth-order valence-corrected chi connectivity index (χ4v) is 4.19. The van der Waals surface area contributed by atoms with Crippen molar-refractivity contribution in [1.29, 1.82) is 0 Å². The van der Waals surface area contributed by atoms with E-state index in [1.165, 1.54) is 25.3 Å². The van der Waals surface area contributed by atoms with E-state index in [1.54, 1.807) is 48.5 Å². The topological polar surface area (TPSA) is 103 Å². The average molecular weight is 491 g/mol. The van der Waals surface area contributed by atoms with Crippen LogP contribution in [0.3, 0.4) is 0 Å². The van der Waals surface area contributed by atoms with Crippen molar-refractivity contribution in [3.8, 4) is 17.2 Å². The lowest BCUT2D eigenvalue weighted by atomic mass is 10.3. The van der Waals surface area contributed by atoms with Gasteiger partial charge in [-0.1, -0.05) is 17.7 Å². The maximum atomic E-state index is 12.7. The summed E-state index contributed by atoms with van der Waals surface area (Å²) in [6.45, 7) is 2.06. The molecule has 10 heteroatoms. The van der Waals surface area contributed by atoms with Crippen molar-refractivity contribution in [1.82, 2.24) is 0 Å². The Balaban J connectivity index is 1.61. The van der Waals surface area contributed by atoms with Crippen LogP contribution in [-0.2, 0) is 14.8 Å². The number of sulfonamides is 1. The van der Waals surface area contributed by atoms with Crippen LogP contribution in [0.4, 0.5) is 11.4 Å². The van der Waals surface area contributed by atoms with Crippen molar-refractivity contribution >= 4 is 38.9 Å². The van der Waals surface area contributed by atoms with Crippen LogP contribution in [-0.4, -0.2) is 34.6 Å². The first kappa shape index (κ1) is 24.2. The van der Waals surface area contributed by atoms with Gasteiger partial charge in [-0.2, -0.15) is 0 Å². The third kappa shape index (κ3) is 6.77. The molecule has 0 saturated heterocycles. The van der Waals surface area contributed by atoms with E-state index in [9.17, 15) is 13.2 Å². The number of anilines is 2. The molecule has 0 spiro atoms. The molecule has 0 unspecified atom stereocenters. The molecule has 0 saturated carbocycles. The Morgan fingerprint density at radius 1 is 0.939 bits per heavy atom. The zero-order valence-corrected chi connectivity index (χ0v) is 19.6. The lowest BCUT2D eigenvalue weighted by Crippen LogP contribution is -2.20. The molecule has 0 aliphatic carbocycles. The largest absolute Gasteiger partial charge is 0.497 e. The van der Waals surface area contributed by atoms with Crippen LogP contribution < -0.4 is 24.2 Å². The third-order valence-corrected chi connectivity index (χ3v) is 6.02. The number of methoxy groups -OCH3 is 1. The van der Waals surface area contributed by atoms with Crippen LogP contribution in [0.25, 0.3) is 0 Å². The molecule has 0 atom stereocenters. The van der Waals surface area contributed by atoms with E-state index in [0.717, 1.165) is 0 Å². The lowest BCUT2D eigenvalue weighted by molar-refractivity contribution is -0.118. The molecular weight excluding hydrogens is 468 g/mol. The Morgan fingerprint density at radius 3 is 2.36 bits per heavy atom. The SMILES string of the molecule is CCOc1ccc(NS(=O)(=O)c2ccc(OCC(=O)Nc3cccc(OC)c3)c(Cl)c2)cc1. The van der Waals surface area contributed by atoms with Crippen LogP contribution in [0.2, 0.25) is 5.02 Å². The molecule has 174 valence electrons. The Labute approximate surface area is 197 Å². The summed E-state index contributed by atoms with van der Waals surface area (Å²) in [4.78, 5) is 12.1. The standard InChI is InChI=1S/C23H23ClN2O6S/c1-3-31-18-9-7-16(8-10-18)26-33(28,29)20-11-12-22(21(24)14-20)32-15-23(27)25-17-5-4-6-19(13-17)30-2/h4-14,26H,3,15H2,1-2H3,(H,25,27). The number of carbonyl (C=O) groups is 1. The summed E-state index contributed by atoms with van der Waals surface area (Å²) in [5.74, 6) is 1.01. The second kappa shape index (κ2) is 10.9. The highest BCUT2D eigenvalue weighted by Gasteiger charge is 2.17. The minimum Gasteiger partial charge on any atom is -0.497 e. The number of hydrogen-bond donors (Lipinski definition) is 2. The predicted octanol–water partition coefficient (Wildman–Crippen LogP) is 4.57. The van der Waals surface area contributed by atoms with Crippen LogP contribution in [0.1, 0.15) is 6.92 Å². The first-order valence-corrected chi connectivity index (χ1v) is 11.8. The molecule has 0 bridgehead atoms. The van der Waals surface area contributed by atoms with Gasteiger partial charge in [-0.3, -0.25) is 9.52 Å². The summed E-state index contributed by atoms with van der Waals surface area (Å²) in [7, 11) is -2.35.